The number of benzene rings is 1. The number of hydrogen-bond acceptors (Lipinski definition) is 4. The molecule has 2 fully saturated rings. The zero-order chi connectivity index (χ0) is 17.9. The van der Waals surface area contributed by atoms with Crippen LogP contribution in [-0.2, 0) is 14.6 Å². The maximum atomic E-state index is 13.6. The van der Waals surface area contributed by atoms with Gasteiger partial charge in [0.05, 0.1) is 18.1 Å². The fourth-order valence-corrected chi connectivity index (χ4v) is 5.06. The van der Waals surface area contributed by atoms with E-state index >= 15 is 0 Å². The van der Waals surface area contributed by atoms with Crippen LogP contribution in [0.15, 0.2) is 24.3 Å². The second kappa shape index (κ2) is 7.72. The number of carbonyl (C=O) groups is 1. The number of hydrogen-bond donors (Lipinski definition) is 0. The van der Waals surface area contributed by atoms with Gasteiger partial charge in [-0.3, -0.25) is 4.79 Å². The topological polar surface area (TPSA) is 63.7 Å². The lowest BCUT2D eigenvalue weighted by Crippen LogP contribution is -2.45. The van der Waals surface area contributed by atoms with Gasteiger partial charge in [0, 0.05) is 24.9 Å². The Morgan fingerprint density at radius 1 is 1.20 bits per heavy atom. The van der Waals surface area contributed by atoms with Crippen molar-refractivity contribution in [2.24, 2.45) is 11.8 Å². The van der Waals surface area contributed by atoms with Crippen molar-refractivity contribution in [1.82, 2.24) is 4.90 Å². The third-order valence-electron chi connectivity index (χ3n) is 5.05. The first-order valence-corrected chi connectivity index (χ1v) is 10.6. The quantitative estimate of drug-likeness (QED) is 0.817. The molecule has 2 aliphatic heterocycles. The summed E-state index contributed by atoms with van der Waals surface area (Å²) in [6.45, 7) is 1.68. The van der Waals surface area contributed by atoms with Crippen LogP contribution in [-0.4, -0.2) is 50.4 Å². The molecule has 2 aliphatic rings. The van der Waals surface area contributed by atoms with Crippen LogP contribution in [0.5, 0.6) is 5.75 Å². The highest BCUT2D eigenvalue weighted by Gasteiger charge is 2.33. The van der Waals surface area contributed by atoms with Crippen molar-refractivity contribution in [3.05, 3.63) is 30.1 Å². The molecule has 5 nitrogen and oxygen atoms in total. The molecule has 1 aromatic rings. The van der Waals surface area contributed by atoms with Gasteiger partial charge in [0.1, 0.15) is 9.84 Å². The van der Waals surface area contributed by atoms with Gasteiger partial charge in [-0.05, 0) is 37.8 Å². The molecule has 1 aromatic carbocycles. The van der Waals surface area contributed by atoms with Crippen LogP contribution in [0.3, 0.4) is 0 Å². The molecule has 0 aromatic heterocycles. The highest BCUT2D eigenvalue weighted by Crippen LogP contribution is 2.25. The molecule has 1 unspecified atom stereocenters. The summed E-state index contributed by atoms with van der Waals surface area (Å²) in [4.78, 5) is 14.5. The highest BCUT2D eigenvalue weighted by atomic mass is 32.2. The molecule has 0 saturated carbocycles. The number of nitrogens with zero attached hydrogens (tertiary/aromatic N) is 1. The van der Waals surface area contributed by atoms with Gasteiger partial charge in [0.25, 0.3) is 0 Å². The van der Waals surface area contributed by atoms with Gasteiger partial charge in [-0.1, -0.05) is 12.1 Å². The van der Waals surface area contributed by atoms with E-state index in [0.29, 0.717) is 32.5 Å². The van der Waals surface area contributed by atoms with Crippen molar-refractivity contribution in [2.75, 3.05) is 31.2 Å². The Labute approximate surface area is 148 Å². The molecule has 0 radical (unpaired) electrons. The molecule has 2 heterocycles. The van der Waals surface area contributed by atoms with Crippen molar-refractivity contribution >= 4 is 15.7 Å². The lowest BCUT2D eigenvalue weighted by atomic mass is 9.95. The van der Waals surface area contributed by atoms with Crippen LogP contribution < -0.4 is 4.74 Å². The molecular formula is C18H24FNO4S. The Hall–Kier alpha value is -1.63. The van der Waals surface area contributed by atoms with Gasteiger partial charge in [0.15, 0.2) is 11.6 Å². The van der Waals surface area contributed by atoms with Gasteiger partial charge in [-0.2, -0.15) is 0 Å². The Morgan fingerprint density at radius 3 is 2.64 bits per heavy atom. The Bertz CT molecular complexity index is 708. The van der Waals surface area contributed by atoms with E-state index in [1.807, 2.05) is 4.90 Å². The summed E-state index contributed by atoms with van der Waals surface area (Å²) < 4.78 is 42.2. The Morgan fingerprint density at radius 2 is 1.92 bits per heavy atom. The van der Waals surface area contributed by atoms with E-state index in [4.69, 9.17) is 4.74 Å². The lowest BCUT2D eigenvalue weighted by Gasteiger charge is -2.35. The number of ether oxygens (including phenoxy) is 1. The van der Waals surface area contributed by atoms with Crippen molar-refractivity contribution in [2.45, 2.75) is 25.7 Å². The minimum atomic E-state index is -2.96. The molecule has 3 rings (SSSR count). The smallest absolute Gasteiger partial charge is 0.225 e. The predicted molar refractivity (Wildman–Crippen MR) is 92.6 cm³/mol. The summed E-state index contributed by atoms with van der Waals surface area (Å²) >= 11 is 0. The summed E-state index contributed by atoms with van der Waals surface area (Å²) in [6, 6.07) is 6.31. The standard InChI is InChI=1S/C18H24FNO4S/c19-16-5-1-2-6-17(16)24-13-14-4-3-9-20(12-14)18(21)15-7-10-25(22,23)11-8-15/h1-2,5-6,14-15H,3-4,7-13H2. The Balaban J connectivity index is 1.52. The van der Waals surface area contributed by atoms with E-state index in [1.54, 1.807) is 18.2 Å². The molecule has 1 atom stereocenters. The van der Waals surface area contributed by atoms with Crippen molar-refractivity contribution < 1.29 is 22.3 Å². The molecule has 2 saturated heterocycles. The maximum absolute atomic E-state index is 13.6. The third kappa shape index (κ3) is 4.71. The number of rotatable bonds is 4. The maximum Gasteiger partial charge on any atom is 0.225 e. The predicted octanol–water partition coefficient (Wildman–Crippen LogP) is 2.27. The summed E-state index contributed by atoms with van der Waals surface area (Å²) in [5.41, 5.74) is 0. The number of likely N-dealkylation sites (tertiary alicyclic amines) is 1. The van der Waals surface area contributed by atoms with Gasteiger partial charge >= 0.3 is 0 Å². The first-order valence-electron chi connectivity index (χ1n) is 8.81. The zero-order valence-electron chi connectivity index (χ0n) is 14.2. The number of piperidine rings is 1. The van der Waals surface area contributed by atoms with Crippen molar-refractivity contribution in [3.63, 3.8) is 0 Å². The zero-order valence-corrected chi connectivity index (χ0v) is 15.0. The summed E-state index contributed by atoms with van der Waals surface area (Å²) in [5.74, 6) is 0.122. The van der Waals surface area contributed by atoms with Crippen molar-refractivity contribution in [3.8, 4) is 5.75 Å². The molecule has 0 N–H and O–H groups in total. The van der Waals surface area contributed by atoms with E-state index in [0.717, 1.165) is 12.8 Å². The van der Waals surface area contributed by atoms with Crippen LogP contribution in [0.1, 0.15) is 25.7 Å². The molecule has 0 aliphatic carbocycles. The molecule has 138 valence electrons. The number of para-hydroxylation sites is 1. The van der Waals surface area contributed by atoms with Crippen molar-refractivity contribution in [1.29, 1.82) is 0 Å². The Kier molecular flexibility index (Phi) is 5.61. The third-order valence-corrected chi connectivity index (χ3v) is 6.76. The van der Waals surface area contributed by atoms with Crippen LogP contribution >= 0.6 is 0 Å². The normalized spacial score (nSPS) is 24.0. The largest absolute Gasteiger partial charge is 0.490 e. The average Bonchev–Trinajstić information content (AvgIpc) is 2.61. The van der Waals surface area contributed by atoms with Crippen LogP contribution in [0.2, 0.25) is 0 Å². The second-order valence-corrected chi connectivity index (χ2v) is 9.26. The van der Waals surface area contributed by atoms with Gasteiger partial charge in [-0.25, -0.2) is 12.8 Å². The molecular weight excluding hydrogens is 345 g/mol. The number of sulfone groups is 1. The first-order chi connectivity index (χ1) is 11.9. The number of carbonyl (C=O) groups excluding carboxylic acids is 1. The molecule has 7 heteroatoms. The fourth-order valence-electron chi connectivity index (χ4n) is 3.57. The first kappa shape index (κ1) is 18.2. The van der Waals surface area contributed by atoms with E-state index in [-0.39, 0.29) is 40.8 Å². The molecule has 0 bridgehead atoms. The van der Waals surface area contributed by atoms with Crippen LogP contribution in [0.25, 0.3) is 0 Å². The molecule has 0 spiro atoms. The minimum absolute atomic E-state index is 0.0606. The number of amides is 1. The van der Waals surface area contributed by atoms with Gasteiger partial charge in [0.2, 0.25) is 5.91 Å². The molecule has 25 heavy (non-hydrogen) atoms. The number of halogens is 1. The summed E-state index contributed by atoms with van der Waals surface area (Å²) in [7, 11) is -2.96. The second-order valence-electron chi connectivity index (χ2n) is 6.96. The van der Waals surface area contributed by atoms with Crippen LogP contribution in [0, 0.1) is 17.7 Å². The lowest BCUT2D eigenvalue weighted by molar-refractivity contribution is -0.137. The van der Waals surface area contributed by atoms with E-state index in [9.17, 15) is 17.6 Å². The average molecular weight is 369 g/mol. The molecule has 1 amide bonds. The SMILES string of the molecule is O=C(C1CCS(=O)(=O)CC1)N1CCCC(COc2ccccc2F)C1. The van der Waals surface area contributed by atoms with Gasteiger partial charge < -0.3 is 9.64 Å². The van der Waals surface area contributed by atoms with Crippen LogP contribution in [0.4, 0.5) is 4.39 Å². The fraction of sp³-hybridized carbons (Fsp3) is 0.611. The highest BCUT2D eigenvalue weighted by molar-refractivity contribution is 7.91. The summed E-state index contributed by atoms with van der Waals surface area (Å²) in [5, 5.41) is 0. The van der Waals surface area contributed by atoms with E-state index in [2.05, 4.69) is 0 Å². The monoisotopic (exact) mass is 369 g/mol. The van der Waals surface area contributed by atoms with E-state index in [1.165, 1.54) is 6.07 Å². The van der Waals surface area contributed by atoms with Gasteiger partial charge in [-0.15, -0.1) is 0 Å². The van der Waals surface area contributed by atoms with E-state index < -0.39 is 9.84 Å². The summed E-state index contributed by atoms with van der Waals surface area (Å²) in [6.07, 6.45) is 2.68. The minimum Gasteiger partial charge on any atom is -0.490 e.